The fourth-order valence-corrected chi connectivity index (χ4v) is 2.58. The van der Waals surface area contributed by atoms with Gasteiger partial charge in [-0.05, 0) is 5.56 Å². The fourth-order valence-electron chi connectivity index (χ4n) is 2.16. The van der Waals surface area contributed by atoms with Crippen molar-refractivity contribution in [3.8, 4) is 0 Å². The van der Waals surface area contributed by atoms with E-state index in [1.165, 1.54) is 0 Å². The second-order valence-electron chi connectivity index (χ2n) is 4.66. The van der Waals surface area contributed by atoms with Crippen LogP contribution in [0.3, 0.4) is 0 Å². The van der Waals surface area contributed by atoms with Crippen LogP contribution in [-0.2, 0) is 16.1 Å². The summed E-state index contributed by atoms with van der Waals surface area (Å²) in [5.74, 6) is -1.18. The molecule has 3 N–H and O–H groups in total. The van der Waals surface area contributed by atoms with Gasteiger partial charge in [0.25, 0.3) is 0 Å². The van der Waals surface area contributed by atoms with E-state index in [2.05, 4.69) is 5.32 Å². The summed E-state index contributed by atoms with van der Waals surface area (Å²) in [4.78, 5) is 11.1. The Hall–Kier alpha value is -0.880. The van der Waals surface area contributed by atoms with Crippen LogP contribution >= 0.6 is 23.2 Å². The third-order valence-corrected chi connectivity index (χ3v) is 3.94. The lowest BCUT2D eigenvalue weighted by atomic mass is 9.93. The number of ether oxygens (including phenoxy) is 1. The topological polar surface area (TPSA) is 64.3 Å². The van der Waals surface area contributed by atoms with Gasteiger partial charge < -0.3 is 15.8 Å². The van der Waals surface area contributed by atoms with Gasteiger partial charge in [-0.25, -0.2) is 4.39 Å². The Morgan fingerprint density at radius 1 is 1.50 bits per heavy atom. The summed E-state index contributed by atoms with van der Waals surface area (Å²) in [6, 6.07) is 3.14. The van der Waals surface area contributed by atoms with Crippen LogP contribution in [0.5, 0.6) is 0 Å². The predicted molar refractivity (Wildman–Crippen MR) is 75.5 cm³/mol. The number of halogens is 3. The molecule has 0 bridgehead atoms. The van der Waals surface area contributed by atoms with E-state index in [1.807, 2.05) is 0 Å². The molecule has 4 nitrogen and oxygen atoms in total. The van der Waals surface area contributed by atoms with Crippen molar-refractivity contribution in [1.29, 1.82) is 0 Å². The molecule has 1 amide bonds. The average Bonchev–Trinajstić information content (AvgIpc) is 2.86. The number of nitrogens with two attached hydrogens (primary N) is 1. The van der Waals surface area contributed by atoms with Crippen LogP contribution in [-0.4, -0.2) is 31.0 Å². The van der Waals surface area contributed by atoms with E-state index < -0.39 is 5.82 Å². The lowest BCUT2D eigenvalue weighted by Crippen LogP contribution is -2.27. The molecule has 0 aliphatic carbocycles. The van der Waals surface area contributed by atoms with E-state index in [1.54, 1.807) is 12.1 Å². The molecule has 0 aromatic heterocycles. The van der Waals surface area contributed by atoms with Crippen LogP contribution in [0.2, 0.25) is 5.02 Å². The molecule has 0 saturated carbocycles. The Balaban J connectivity index is 2.18. The molecule has 1 unspecified atom stereocenters. The highest BCUT2D eigenvalue weighted by molar-refractivity contribution is 6.31. The Bertz CT molecular complexity index is 513. The zero-order valence-electron chi connectivity index (χ0n) is 10.7. The zero-order chi connectivity index (χ0) is 14.7. The molecule has 1 aromatic rings. The minimum atomic E-state index is -0.543. The number of hydrogen-bond donors (Lipinski definition) is 2. The van der Waals surface area contributed by atoms with Gasteiger partial charge in [0.05, 0.1) is 18.2 Å². The van der Waals surface area contributed by atoms with Crippen molar-refractivity contribution in [2.45, 2.75) is 18.5 Å². The third kappa shape index (κ3) is 3.23. The van der Waals surface area contributed by atoms with Crippen molar-refractivity contribution in [2.24, 2.45) is 5.73 Å². The van der Waals surface area contributed by atoms with Gasteiger partial charge >= 0.3 is 0 Å². The van der Waals surface area contributed by atoms with Crippen molar-refractivity contribution in [2.75, 3.05) is 19.1 Å². The minimum Gasteiger partial charge on any atom is -0.379 e. The zero-order valence-corrected chi connectivity index (χ0v) is 12.2. The summed E-state index contributed by atoms with van der Waals surface area (Å²) in [6.07, 6.45) is 0. The van der Waals surface area contributed by atoms with Crippen LogP contribution in [0.4, 0.5) is 4.39 Å². The molecule has 20 heavy (non-hydrogen) atoms. The molecule has 1 saturated heterocycles. The second-order valence-corrected chi connectivity index (χ2v) is 5.31. The first kappa shape index (κ1) is 15.5. The molecule has 1 aliphatic heterocycles. The maximum Gasteiger partial charge on any atom is 0.235 e. The minimum absolute atomic E-state index is 0.0357. The van der Waals surface area contributed by atoms with Gasteiger partial charge in [0.1, 0.15) is 11.7 Å². The summed E-state index contributed by atoms with van der Waals surface area (Å²) in [7, 11) is 0. The van der Waals surface area contributed by atoms with E-state index in [9.17, 15) is 9.18 Å². The summed E-state index contributed by atoms with van der Waals surface area (Å²) in [5.41, 5.74) is 6.86. The first-order valence-corrected chi connectivity index (χ1v) is 7.08. The van der Waals surface area contributed by atoms with Gasteiger partial charge in [-0.15, -0.1) is 11.6 Å². The summed E-state index contributed by atoms with van der Waals surface area (Å²) < 4.78 is 19.5. The molecule has 7 heteroatoms. The van der Waals surface area contributed by atoms with Gasteiger partial charge in [0.2, 0.25) is 5.91 Å². The maximum atomic E-state index is 14.2. The van der Waals surface area contributed by atoms with Crippen molar-refractivity contribution >= 4 is 29.1 Å². The maximum absolute atomic E-state index is 14.2. The van der Waals surface area contributed by atoms with Gasteiger partial charge in [0, 0.05) is 24.1 Å². The summed E-state index contributed by atoms with van der Waals surface area (Å²) >= 11 is 11.4. The highest BCUT2D eigenvalue weighted by Gasteiger charge is 2.29. The number of rotatable bonds is 4. The molecule has 1 fully saturated rings. The summed E-state index contributed by atoms with van der Waals surface area (Å²) in [6.45, 7) is 0.920. The highest BCUT2D eigenvalue weighted by Crippen LogP contribution is 2.33. The van der Waals surface area contributed by atoms with E-state index in [0.717, 1.165) is 0 Å². The molecule has 110 valence electrons. The number of carbonyl (C=O) groups is 1. The lowest BCUT2D eigenvalue weighted by Gasteiger charge is -2.17. The van der Waals surface area contributed by atoms with Gasteiger partial charge in [-0.1, -0.05) is 23.7 Å². The number of benzene rings is 1. The van der Waals surface area contributed by atoms with Crippen molar-refractivity contribution in [1.82, 2.24) is 5.32 Å². The molecule has 0 radical (unpaired) electrons. The Morgan fingerprint density at radius 3 is 2.85 bits per heavy atom. The lowest BCUT2D eigenvalue weighted by molar-refractivity contribution is -0.118. The first-order chi connectivity index (χ1) is 9.54. The number of amides is 1. The smallest absolute Gasteiger partial charge is 0.235 e. The normalized spacial score (nSPS) is 22.0. The van der Waals surface area contributed by atoms with Gasteiger partial charge in [-0.3, -0.25) is 4.79 Å². The van der Waals surface area contributed by atoms with Gasteiger partial charge in [0.15, 0.2) is 0 Å². The van der Waals surface area contributed by atoms with Crippen molar-refractivity contribution < 1.29 is 13.9 Å². The largest absolute Gasteiger partial charge is 0.379 e. The average molecular weight is 321 g/mol. The quantitative estimate of drug-likeness (QED) is 0.831. The second kappa shape index (κ2) is 6.72. The molecule has 2 atom stereocenters. The Morgan fingerprint density at radius 2 is 2.25 bits per heavy atom. The van der Waals surface area contributed by atoms with Crippen LogP contribution in [0.1, 0.15) is 17.0 Å². The van der Waals surface area contributed by atoms with Crippen LogP contribution in [0.15, 0.2) is 12.1 Å². The fraction of sp³-hybridized carbons (Fsp3) is 0.462. The predicted octanol–water partition coefficient (Wildman–Crippen LogP) is 1.78. The van der Waals surface area contributed by atoms with Crippen LogP contribution in [0.25, 0.3) is 0 Å². The standard InChI is InChI=1S/C13H15Cl2FN2O2/c14-3-11(19)18-4-7-1-2-8(12(15)13(7)16)9-5-20-6-10(9)17/h1-2,9-10H,3-6,17H2,(H,18,19)/t9?,10-/m1/s1. The highest BCUT2D eigenvalue weighted by atomic mass is 35.5. The van der Waals surface area contributed by atoms with E-state index >= 15 is 0 Å². The monoisotopic (exact) mass is 320 g/mol. The molecular formula is C13H15Cl2FN2O2. The molecule has 1 heterocycles. The van der Waals surface area contributed by atoms with Crippen LogP contribution in [0, 0.1) is 5.82 Å². The molecule has 2 rings (SSSR count). The molecule has 1 aliphatic rings. The van der Waals surface area contributed by atoms with Crippen molar-refractivity contribution in [3.05, 3.63) is 34.1 Å². The molecule has 1 aromatic carbocycles. The molecular weight excluding hydrogens is 306 g/mol. The van der Waals surface area contributed by atoms with Gasteiger partial charge in [-0.2, -0.15) is 0 Å². The number of nitrogens with one attached hydrogen (secondary N) is 1. The molecule has 0 spiro atoms. The number of carbonyl (C=O) groups excluding carboxylic acids is 1. The SMILES string of the molecule is N[C@@H]1COCC1c1ccc(CNC(=O)CCl)c(F)c1Cl. The third-order valence-electron chi connectivity index (χ3n) is 3.31. The summed E-state index contributed by atoms with van der Waals surface area (Å²) in [5, 5.41) is 2.53. The first-order valence-electron chi connectivity index (χ1n) is 6.17. The Labute approximate surface area is 126 Å². The Kier molecular flexibility index (Phi) is 5.21. The van der Waals surface area contributed by atoms with Crippen molar-refractivity contribution in [3.63, 3.8) is 0 Å². The number of alkyl halides is 1. The van der Waals surface area contributed by atoms with E-state index in [4.69, 9.17) is 33.7 Å². The van der Waals surface area contributed by atoms with E-state index in [-0.39, 0.29) is 35.3 Å². The van der Waals surface area contributed by atoms with Crippen LogP contribution < -0.4 is 11.1 Å². The number of hydrogen-bond acceptors (Lipinski definition) is 3. The van der Waals surface area contributed by atoms with E-state index in [0.29, 0.717) is 24.3 Å².